The number of nitrogens with one attached hydrogen (secondary N) is 3. The lowest BCUT2D eigenvalue weighted by Crippen LogP contribution is -2.35. The quantitative estimate of drug-likeness (QED) is 0.166. The number of ketones is 1. The van der Waals surface area contributed by atoms with Crippen molar-refractivity contribution in [3.8, 4) is 0 Å². The molecule has 2 aliphatic carbocycles. The first-order chi connectivity index (χ1) is 20.7. The Morgan fingerprint density at radius 3 is 2.19 bits per heavy atom. The van der Waals surface area contributed by atoms with Gasteiger partial charge in [-0.1, -0.05) is 107 Å². The predicted molar refractivity (Wildman–Crippen MR) is 177 cm³/mol. The second-order valence-electron chi connectivity index (χ2n) is 11.4. The van der Waals surface area contributed by atoms with E-state index in [4.69, 9.17) is 0 Å². The zero-order chi connectivity index (χ0) is 31.5. The van der Waals surface area contributed by atoms with E-state index in [1.807, 2.05) is 19.9 Å². The Morgan fingerprint density at radius 1 is 0.884 bits per heavy atom. The first-order valence-electron chi connectivity index (χ1n) is 15.4. The summed E-state index contributed by atoms with van der Waals surface area (Å²) in [5.41, 5.74) is 3.55. The van der Waals surface area contributed by atoms with Crippen LogP contribution in [-0.4, -0.2) is 29.7 Å². The van der Waals surface area contributed by atoms with Gasteiger partial charge in [0.05, 0.1) is 5.70 Å². The van der Waals surface area contributed by atoms with E-state index in [-0.39, 0.29) is 35.4 Å². The molecule has 0 aromatic heterocycles. The molecule has 0 unspecified atom stereocenters. The summed E-state index contributed by atoms with van der Waals surface area (Å²) in [6.45, 7) is 14.2. The van der Waals surface area contributed by atoms with Gasteiger partial charge < -0.3 is 16.0 Å². The third-order valence-electron chi connectivity index (χ3n) is 8.17. The maximum atomic E-state index is 12.1. The highest BCUT2D eigenvalue weighted by Gasteiger charge is 2.41. The molecule has 0 bridgehead atoms. The van der Waals surface area contributed by atoms with E-state index < -0.39 is 0 Å². The molecule has 2 fully saturated rings. The molecule has 0 saturated heterocycles. The van der Waals surface area contributed by atoms with E-state index in [0.29, 0.717) is 17.5 Å². The van der Waals surface area contributed by atoms with Gasteiger partial charge >= 0.3 is 0 Å². The molecule has 6 heteroatoms. The number of carbonyl (C=O) groups excluding carboxylic acids is 3. The van der Waals surface area contributed by atoms with Gasteiger partial charge in [-0.3, -0.25) is 14.4 Å². The molecule has 0 atom stereocenters. The van der Waals surface area contributed by atoms with Gasteiger partial charge in [-0.25, -0.2) is 0 Å². The molecule has 2 aliphatic rings. The summed E-state index contributed by atoms with van der Waals surface area (Å²) < 4.78 is 0. The van der Waals surface area contributed by atoms with Gasteiger partial charge in [0.15, 0.2) is 5.78 Å². The van der Waals surface area contributed by atoms with E-state index in [9.17, 15) is 14.4 Å². The Kier molecular flexibility index (Phi) is 11.9. The van der Waals surface area contributed by atoms with Crippen LogP contribution in [0.3, 0.4) is 0 Å². The fraction of sp³-hybridized carbons (Fsp3) is 0.378. The Balaban J connectivity index is 0.000000262. The normalized spacial score (nSPS) is 15.2. The largest absolute Gasteiger partial charge is 0.378 e. The zero-order valence-electron chi connectivity index (χ0n) is 26.4. The van der Waals surface area contributed by atoms with Gasteiger partial charge in [0.1, 0.15) is 0 Å². The lowest BCUT2D eigenvalue weighted by atomic mass is 9.93. The van der Waals surface area contributed by atoms with Crippen LogP contribution in [0.4, 0.5) is 0 Å². The third-order valence-corrected chi connectivity index (χ3v) is 8.17. The number of amides is 2. The highest BCUT2D eigenvalue weighted by Crippen LogP contribution is 2.49. The van der Waals surface area contributed by atoms with Gasteiger partial charge in [-0.15, -0.1) is 0 Å². The van der Waals surface area contributed by atoms with E-state index in [1.165, 1.54) is 42.2 Å². The van der Waals surface area contributed by atoms with Crippen molar-refractivity contribution in [3.05, 3.63) is 108 Å². The highest BCUT2D eigenvalue weighted by atomic mass is 16.2. The number of carbonyl (C=O) groups is 3. The first-order valence-corrected chi connectivity index (χ1v) is 15.4. The van der Waals surface area contributed by atoms with Crippen LogP contribution in [0.15, 0.2) is 91.2 Å². The Morgan fingerprint density at radius 2 is 1.53 bits per heavy atom. The summed E-state index contributed by atoms with van der Waals surface area (Å²) in [4.78, 5) is 35.5. The highest BCUT2D eigenvalue weighted by molar-refractivity contribution is 5.96. The summed E-state index contributed by atoms with van der Waals surface area (Å²) in [6.07, 6.45) is 8.83. The molecule has 6 nitrogen and oxygen atoms in total. The lowest BCUT2D eigenvalue weighted by Gasteiger charge is -2.13. The Labute approximate surface area is 257 Å². The maximum absolute atomic E-state index is 12.1. The molecular weight excluding hydrogens is 534 g/mol. The molecule has 0 spiro atoms. The summed E-state index contributed by atoms with van der Waals surface area (Å²) in [5, 5.41) is 11.4. The number of fused-ring (bicyclic) bond motifs is 1. The summed E-state index contributed by atoms with van der Waals surface area (Å²) in [6, 6.07) is 22.5. The topological polar surface area (TPSA) is 87.3 Å². The average molecular weight is 582 g/mol. The monoisotopic (exact) mass is 581 g/mol. The molecule has 2 amide bonds. The first kappa shape index (κ1) is 33.3. The van der Waals surface area contributed by atoms with Crippen molar-refractivity contribution in [2.24, 2.45) is 0 Å². The van der Waals surface area contributed by atoms with Crippen LogP contribution < -0.4 is 16.0 Å². The van der Waals surface area contributed by atoms with Gasteiger partial charge in [-0.2, -0.15) is 0 Å². The fourth-order valence-electron chi connectivity index (χ4n) is 4.96. The number of hydrogen-bond donors (Lipinski definition) is 3. The van der Waals surface area contributed by atoms with Gasteiger partial charge in [0, 0.05) is 30.3 Å². The van der Waals surface area contributed by atoms with Gasteiger partial charge in [0.2, 0.25) is 5.91 Å². The summed E-state index contributed by atoms with van der Waals surface area (Å²) >= 11 is 0. The molecule has 2 saturated carbocycles. The van der Waals surface area contributed by atoms with Gasteiger partial charge in [0.25, 0.3) is 5.91 Å². The molecule has 3 aromatic rings. The van der Waals surface area contributed by atoms with Crippen LogP contribution in [0.1, 0.15) is 88.2 Å². The molecule has 0 heterocycles. The van der Waals surface area contributed by atoms with Crippen molar-refractivity contribution >= 4 is 28.4 Å². The number of hydrogen-bond acceptors (Lipinski definition) is 4. The average Bonchev–Trinajstić information content (AvgIpc) is 3.97. The SMILES string of the molecule is C=C(NC/C=C/C(=O)NC1(CC)CC1)C(=O)NCc1ccccc1C(C)=O.CC.CC1(c2cccc3ccccc23)CC1. The lowest BCUT2D eigenvalue weighted by molar-refractivity contribution is -0.118. The van der Waals surface area contributed by atoms with Crippen molar-refractivity contribution in [1.29, 1.82) is 0 Å². The van der Waals surface area contributed by atoms with E-state index >= 15 is 0 Å². The minimum absolute atomic E-state index is 0.00546. The van der Waals surface area contributed by atoms with Crippen molar-refractivity contribution in [2.75, 3.05) is 6.54 Å². The van der Waals surface area contributed by atoms with Crippen LogP contribution in [0.25, 0.3) is 10.8 Å². The van der Waals surface area contributed by atoms with E-state index in [1.54, 1.807) is 24.3 Å². The predicted octanol–water partition coefficient (Wildman–Crippen LogP) is 7.14. The van der Waals surface area contributed by atoms with Crippen LogP contribution >= 0.6 is 0 Å². The minimum Gasteiger partial charge on any atom is -0.378 e. The van der Waals surface area contributed by atoms with Crippen molar-refractivity contribution in [3.63, 3.8) is 0 Å². The van der Waals surface area contributed by atoms with Crippen molar-refractivity contribution in [2.45, 2.75) is 84.2 Å². The molecular formula is C37H47N3O3. The number of rotatable bonds is 11. The fourth-order valence-corrected chi connectivity index (χ4v) is 4.96. The molecule has 3 aromatic carbocycles. The maximum Gasteiger partial charge on any atom is 0.267 e. The second kappa shape index (κ2) is 15.3. The van der Waals surface area contributed by atoms with Crippen LogP contribution in [0, 0.1) is 0 Å². The van der Waals surface area contributed by atoms with Crippen LogP contribution in [0.2, 0.25) is 0 Å². The van der Waals surface area contributed by atoms with Crippen LogP contribution in [-0.2, 0) is 21.5 Å². The number of benzene rings is 3. The number of Topliss-reactive ketones (excluding diaryl/α,β-unsaturated/α-hetero) is 1. The van der Waals surface area contributed by atoms with E-state index in [0.717, 1.165) is 24.8 Å². The van der Waals surface area contributed by atoms with Gasteiger partial charge in [-0.05, 0) is 66.3 Å². The molecule has 0 radical (unpaired) electrons. The second-order valence-corrected chi connectivity index (χ2v) is 11.4. The van der Waals surface area contributed by atoms with Crippen molar-refractivity contribution in [1.82, 2.24) is 16.0 Å². The third kappa shape index (κ3) is 9.40. The molecule has 43 heavy (non-hydrogen) atoms. The van der Waals surface area contributed by atoms with E-state index in [2.05, 4.69) is 78.8 Å². The Bertz CT molecular complexity index is 1460. The molecule has 0 aliphatic heterocycles. The molecule has 3 N–H and O–H groups in total. The molecule has 228 valence electrons. The Hall–Kier alpha value is -4.19. The summed E-state index contributed by atoms with van der Waals surface area (Å²) in [5.74, 6) is -0.516. The zero-order valence-corrected chi connectivity index (χ0v) is 26.4. The standard InChI is InChI=1S/C21H27N3O3.C14H14.C2H6/c1-4-21(11-12-21)24-19(26)10-7-13-22-15(2)20(27)23-14-17-8-5-6-9-18(17)16(3)25;1-14(9-10-14)13-8-4-6-11-5-2-3-7-12(11)13;1-2/h5-10,22H,2,4,11-14H2,1,3H3,(H,23,27)(H,24,26);2-8H,9-10H2,1H3;1-2H3/b10-7+;;. The minimum atomic E-state index is -0.353. The summed E-state index contributed by atoms with van der Waals surface area (Å²) in [7, 11) is 0. The van der Waals surface area contributed by atoms with Crippen molar-refractivity contribution < 1.29 is 14.4 Å². The smallest absolute Gasteiger partial charge is 0.267 e. The molecule has 5 rings (SSSR count). The van der Waals surface area contributed by atoms with Crippen LogP contribution in [0.5, 0.6) is 0 Å².